The van der Waals surface area contributed by atoms with Crippen LogP contribution in [0, 0.1) is 0 Å². The standard InChI is InChI=1S/C22H28N2O3/c1-4-5-14-24-21(25)17-10-6-8-12-19(17)23-22(24,2)18-11-7-9-13-20(18)27-16-15-26-3/h6-13,23H,4-5,14-16H2,1-3H3. The molecule has 0 aliphatic carbocycles. The molecular formula is C22H28N2O3. The average Bonchev–Trinajstić information content (AvgIpc) is 2.68. The predicted octanol–water partition coefficient (Wildman–Crippen LogP) is 4.25. The lowest BCUT2D eigenvalue weighted by molar-refractivity contribution is 0.0522. The van der Waals surface area contributed by atoms with Crippen LogP contribution >= 0.6 is 0 Å². The molecule has 5 nitrogen and oxygen atoms in total. The molecule has 1 aliphatic rings. The summed E-state index contributed by atoms with van der Waals surface area (Å²) in [6.07, 6.45) is 1.96. The highest BCUT2D eigenvalue weighted by Gasteiger charge is 2.43. The molecule has 1 unspecified atom stereocenters. The van der Waals surface area contributed by atoms with Crippen LogP contribution in [-0.2, 0) is 10.4 Å². The maximum Gasteiger partial charge on any atom is 0.258 e. The van der Waals surface area contributed by atoms with Crippen molar-refractivity contribution in [3.63, 3.8) is 0 Å². The quantitative estimate of drug-likeness (QED) is 0.708. The zero-order valence-electron chi connectivity index (χ0n) is 16.3. The number of methoxy groups -OCH3 is 1. The normalized spacial score (nSPS) is 18.8. The van der Waals surface area contributed by atoms with Gasteiger partial charge in [0.2, 0.25) is 0 Å². The highest BCUT2D eigenvalue weighted by atomic mass is 16.5. The first-order valence-corrected chi connectivity index (χ1v) is 9.52. The second kappa shape index (κ2) is 8.44. The van der Waals surface area contributed by atoms with Gasteiger partial charge in [-0.1, -0.05) is 43.7 Å². The minimum atomic E-state index is -0.690. The summed E-state index contributed by atoms with van der Waals surface area (Å²) in [5, 5.41) is 3.60. The molecule has 1 amide bonds. The van der Waals surface area contributed by atoms with Crippen LogP contribution in [0.15, 0.2) is 48.5 Å². The molecule has 2 aromatic rings. The third-order valence-corrected chi connectivity index (χ3v) is 5.01. The molecule has 2 aromatic carbocycles. The number of fused-ring (bicyclic) bond motifs is 1. The molecular weight excluding hydrogens is 340 g/mol. The van der Waals surface area contributed by atoms with Crippen LogP contribution in [-0.4, -0.2) is 37.7 Å². The van der Waals surface area contributed by atoms with Crippen LogP contribution in [0.3, 0.4) is 0 Å². The van der Waals surface area contributed by atoms with E-state index in [1.165, 1.54) is 0 Å². The first kappa shape index (κ1) is 19.2. The van der Waals surface area contributed by atoms with Crippen molar-refractivity contribution in [3.05, 3.63) is 59.7 Å². The van der Waals surface area contributed by atoms with E-state index < -0.39 is 5.66 Å². The molecule has 144 valence electrons. The van der Waals surface area contributed by atoms with E-state index in [4.69, 9.17) is 9.47 Å². The number of para-hydroxylation sites is 2. The maximum absolute atomic E-state index is 13.3. The molecule has 5 heteroatoms. The van der Waals surface area contributed by atoms with Gasteiger partial charge < -0.3 is 19.7 Å². The van der Waals surface area contributed by atoms with E-state index in [9.17, 15) is 4.79 Å². The van der Waals surface area contributed by atoms with E-state index in [1.54, 1.807) is 7.11 Å². The van der Waals surface area contributed by atoms with Crippen molar-refractivity contribution in [2.45, 2.75) is 32.4 Å². The number of benzene rings is 2. The Kier molecular flexibility index (Phi) is 6.01. The van der Waals surface area contributed by atoms with Gasteiger partial charge in [-0.2, -0.15) is 0 Å². The van der Waals surface area contributed by atoms with Gasteiger partial charge >= 0.3 is 0 Å². The zero-order valence-corrected chi connectivity index (χ0v) is 16.3. The molecule has 0 aromatic heterocycles. The van der Waals surface area contributed by atoms with Crippen LogP contribution in [0.4, 0.5) is 5.69 Å². The second-order valence-electron chi connectivity index (χ2n) is 6.89. The largest absolute Gasteiger partial charge is 0.491 e. The third-order valence-electron chi connectivity index (χ3n) is 5.01. The van der Waals surface area contributed by atoms with Gasteiger partial charge in [-0.15, -0.1) is 0 Å². The molecule has 1 atom stereocenters. The van der Waals surface area contributed by atoms with E-state index in [0.717, 1.165) is 29.8 Å². The van der Waals surface area contributed by atoms with Crippen molar-refractivity contribution in [3.8, 4) is 5.75 Å². The van der Waals surface area contributed by atoms with Crippen LogP contribution in [0.25, 0.3) is 0 Å². The van der Waals surface area contributed by atoms with Crippen molar-refractivity contribution in [1.82, 2.24) is 4.90 Å². The first-order chi connectivity index (χ1) is 13.1. The molecule has 1 aliphatic heterocycles. The molecule has 1 N–H and O–H groups in total. The van der Waals surface area contributed by atoms with Crippen molar-refractivity contribution < 1.29 is 14.3 Å². The topological polar surface area (TPSA) is 50.8 Å². The SMILES string of the molecule is CCCCN1C(=O)c2ccccc2NC1(C)c1ccccc1OCCOC. The van der Waals surface area contributed by atoms with E-state index in [0.29, 0.717) is 25.3 Å². The number of carbonyl (C=O) groups is 1. The Labute approximate surface area is 161 Å². The molecule has 0 radical (unpaired) electrons. The molecule has 0 fully saturated rings. The Morgan fingerprint density at radius 1 is 1.07 bits per heavy atom. The number of hydrogen-bond donors (Lipinski definition) is 1. The predicted molar refractivity (Wildman–Crippen MR) is 107 cm³/mol. The van der Waals surface area contributed by atoms with E-state index in [2.05, 4.69) is 19.2 Å². The number of hydrogen-bond acceptors (Lipinski definition) is 4. The molecule has 0 bridgehead atoms. The van der Waals surface area contributed by atoms with Gasteiger partial charge in [-0.3, -0.25) is 4.79 Å². The van der Waals surface area contributed by atoms with Crippen LogP contribution in [0.5, 0.6) is 5.75 Å². The monoisotopic (exact) mass is 368 g/mol. The second-order valence-corrected chi connectivity index (χ2v) is 6.89. The fourth-order valence-corrected chi connectivity index (χ4v) is 3.54. The third kappa shape index (κ3) is 3.78. The Morgan fingerprint density at radius 3 is 2.59 bits per heavy atom. The number of nitrogens with one attached hydrogen (secondary N) is 1. The Morgan fingerprint density at radius 2 is 1.81 bits per heavy atom. The lowest BCUT2D eigenvalue weighted by Gasteiger charge is -2.47. The molecule has 1 heterocycles. The number of anilines is 1. The number of ether oxygens (including phenoxy) is 2. The summed E-state index contributed by atoms with van der Waals surface area (Å²) in [5.74, 6) is 0.810. The van der Waals surface area contributed by atoms with Gasteiger partial charge in [0, 0.05) is 24.9 Å². The Bertz CT molecular complexity index is 793. The van der Waals surface area contributed by atoms with E-state index >= 15 is 0 Å². The number of carbonyl (C=O) groups excluding carboxylic acids is 1. The van der Waals surface area contributed by atoms with Gasteiger partial charge in [0.25, 0.3) is 5.91 Å². The van der Waals surface area contributed by atoms with Crippen LogP contribution < -0.4 is 10.1 Å². The lowest BCUT2D eigenvalue weighted by Crippen LogP contribution is -2.56. The lowest BCUT2D eigenvalue weighted by atomic mass is 9.92. The summed E-state index contributed by atoms with van der Waals surface area (Å²) in [7, 11) is 1.65. The maximum atomic E-state index is 13.3. The van der Waals surface area contributed by atoms with Gasteiger partial charge in [0.15, 0.2) is 0 Å². The highest BCUT2D eigenvalue weighted by molar-refractivity contribution is 6.02. The molecule has 0 saturated carbocycles. The highest BCUT2D eigenvalue weighted by Crippen LogP contribution is 2.41. The average molecular weight is 368 g/mol. The fraction of sp³-hybridized carbons (Fsp3) is 0.409. The zero-order chi connectivity index (χ0) is 19.3. The Hall–Kier alpha value is -2.53. The number of unbranched alkanes of at least 4 members (excludes halogenated alkanes) is 1. The van der Waals surface area contributed by atoms with Crippen LogP contribution in [0.1, 0.15) is 42.6 Å². The van der Waals surface area contributed by atoms with Crippen molar-refractivity contribution in [2.75, 3.05) is 32.2 Å². The van der Waals surface area contributed by atoms with Gasteiger partial charge in [-0.05, 0) is 31.5 Å². The van der Waals surface area contributed by atoms with Crippen LogP contribution in [0.2, 0.25) is 0 Å². The summed E-state index contributed by atoms with van der Waals surface area (Å²) in [4.78, 5) is 15.2. The van der Waals surface area contributed by atoms with Gasteiger partial charge in [0.1, 0.15) is 18.0 Å². The number of amides is 1. The smallest absolute Gasteiger partial charge is 0.258 e. The molecule has 0 spiro atoms. The number of nitrogens with zero attached hydrogens (tertiary/aromatic N) is 1. The summed E-state index contributed by atoms with van der Waals surface area (Å²) in [6.45, 7) is 5.84. The van der Waals surface area contributed by atoms with Crippen molar-refractivity contribution in [1.29, 1.82) is 0 Å². The first-order valence-electron chi connectivity index (χ1n) is 9.52. The summed E-state index contributed by atoms with van der Waals surface area (Å²) in [5.41, 5.74) is 1.82. The minimum absolute atomic E-state index is 0.0481. The molecule has 27 heavy (non-hydrogen) atoms. The summed E-state index contributed by atoms with van der Waals surface area (Å²) < 4.78 is 11.1. The van der Waals surface area contributed by atoms with Crippen molar-refractivity contribution >= 4 is 11.6 Å². The summed E-state index contributed by atoms with van der Waals surface area (Å²) in [6, 6.07) is 15.6. The van der Waals surface area contributed by atoms with Gasteiger partial charge in [-0.25, -0.2) is 0 Å². The molecule has 3 rings (SSSR count). The van der Waals surface area contributed by atoms with E-state index in [-0.39, 0.29) is 5.91 Å². The van der Waals surface area contributed by atoms with Crippen molar-refractivity contribution in [2.24, 2.45) is 0 Å². The van der Waals surface area contributed by atoms with E-state index in [1.807, 2.05) is 53.4 Å². The fourth-order valence-electron chi connectivity index (χ4n) is 3.54. The number of rotatable bonds is 8. The molecule has 0 saturated heterocycles. The Balaban J connectivity index is 2.04. The van der Waals surface area contributed by atoms with Gasteiger partial charge in [0.05, 0.1) is 12.2 Å². The minimum Gasteiger partial charge on any atom is -0.491 e. The summed E-state index contributed by atoms with van der Waals surface area (Å²) >= 11 is 0.